The Bertz CT molecular complexity index is 457. The van der Waals surface area contributed by atoms with Gasteiger partial charge in [-0.3, -0.25) is 4.79 Å². The number of nitriles is 1. The van der Waals surface area contributed by atoms with Crippen LogP contribution in [0.15, 0.2) is 18.2 Å². The van der Waals surface area contributed by atoms with E-state index in [1.807, 2.05) is 19.1 Å². The van der Waals surface area contributed by atoms with Gasteiger partial charge in [-0.15, -0.1) is 0 Å². The zero-order chi connectivity index (χ0) is 13.4. The average molecular weight is 283 g/mol. The van der Waals surface area contributed by atoms with Gasteiger partial charge in [0.05, 0.1) is 11.8 Å². The van der Waals surface area contributed by atoms with Crippen molar-refractivity contribution < 1.29 is 4.79 Å². The summed E-state index contributed by atoms with van der Waals surface area (Å²) >= 11 is 7.50. The highest BCUT2D eigenvalue weighted by molar-refractivity contribution is 7.99. The lowest BCUT2D eigenvalue weighted by Crippen LogP contribution is -2.14. The van der Waals surface area contributed by atoms with Gasteiger partial charge >= 0.3 is 0 Å². The number of hydrogen-bond donors (Lipinski definition) is 1. The van der Waals surface area contributed by atoms with Crippen molar-refractivity contribution in [1.29, 1.82) is 5.26 Å². The number of nitrogens with zero attached hydrogens (tertiary/aromatic N) is 1. The minimum atomic E-state index is -0.0446. The van der Waals surface area contributed by atoms with Gasteiger partial charge in [0.25, 0.3) is 0 Å². The van der Waals surface area contributed by atoms with E-state index in [0.717, 1.165) is 17.7 Å². The molecular formula is C13H15ClN2OS. The lowest BCUT2D eigenvalue weighted by Gasteiger charge is -2.06. The molecule has 0 aliphatic carbocycles. The third-order valence-electron chi connectivity index (χ3n) is 2.27. The monoisotopic (exact) mass is 282 g/mol. The van der Waals surface area contributed by atoms with Crippen molar-refractivity contribution in [1.82, 2.24) is 0 Å². The second kappa shape index (κ2) is 8.02. The molecule has 3 nitrogen and oxygen atoms in total. The number of benzene rings is 1. The molecule has 0 aliphatic heterocycles. The number of unbranched alkanes of at least 4 members (excludes halogenated alkanes) is 1. The van der Waals surface area contributed by atoms with Crippen LogP contribution in [0.25, 0.3) is 0 Å². The van der Waals surface area contributed by atoms with Crippen molar-refractivity contribution in [3.8, 4) is 6.07 Å². The number of aryl methyl sites for hydroxylation is 1. The molecule has 1 aromatic carbocycles. The number of amides is 1. The van der Waals surface area contributed by atoms with E-state index >= 15 is 0 Å². The number of nitrogens with one attached hydrogen (secondary N) is 1. The summed E-state index contributed by atoms with van der Waals surface area (Å²) in [4.78, 5) is 11.6. The summed E-state index contributed by atoms with van der Waals surface area (Å²) < 4.78 is 0. The van der Waals surface area contributed by atoms with Gasteiger partial charge in [-0.2, -0.15) is 17.0 Å². The van der Waals surface area contributed by atoms with Crippen molar-refractivity contribution in [3.63, 3.8) is 0 Å². The molecule has 0 heterocycles. The Hall–Kier alpha value is -1.18. The highest BCUT2D eigenvalue weighted by Gasteiger charge is 2.04. The molecule has 1 amide bonds. The van der Waals surface area contributed by atoms with Crippen LogP contribution in [0.3, 0.4) is 0 Å². The van der Waals surface area contributed by atoms with Gasteiger partial charge in [0, 0.05) is 17.1 Å². The summed E-state index contributed by atoms with van der Waals surface area (Å²) in [5.41, 5.74) is 1.70. The highest BCUT2D eigenvalue weighted by atomic mass is 35.5. The molecule has 0 atom stereocenters. The maximum Gasteiger partial charge on any atom is 0.234 e. The van der Waals surface area contributed by atoms with E-state index in [1.54, 1.807) is 6.07 Å². The molecule has 1 rings (SSSR count). The summed E-state index contributed by atoms with van der Waals surface area (Å²) in [6.45, 7) is 1.92. The van der Waals surface area contributed by atoms with Crippen molar-refractivity contribution >= 4 is 35.0 Å². The summed E-state index contributed by atoms with van der Waals surface area (Å²) in [5, 5.41) is 11.8. The van der Waals surface area contributed by atoms with Crippen LogP contribution in [0.2, 0.25) is 5.02 Å². The molecule has 0 saturated heterocycles. The lowest BCUT2D eigenvalue weighted by atomic mass is 10.2. The van der Waals surface area contributed by atoms with E-state index < -0.39 is 0 Å². The zero-order valence-corrected chi connectivity index (χ0v) is 11.8. The van der Waals surface area contributed by atoms with E-state index in [-0.39, 0.29) is 5.91 Å². The van der Waals surface area contributed by atoms with Gasteiger partial charge in [-0.05, 0) is 36.8 Å². The molecule has 0 saturated carbocycles. The van der Waals surface area contributed by atoms with Crippen molar-refractivity contribution in [2.24, 2.45) is 0 Å². The normalized spacial score (nSPS) is 9.83. The first-order chi connectivity index (χ1) is 8.63. The second-order valence-electron chi connectivity index (χ2n) is 3.83. The fourth-order valence-corrected chi connectivity index (χ4v) is 2.22. The SMILES string of the molecule is Cc1ccc(NC(=O)CSCCCC#N)cc1Cl. The van der Waals surface area contributed by atoms with Crippen LogP contribution in [0.4, 0.5) is 5.69 Å². The van der Waals surface area contributed by atoms with E-state index in [4.69, 9.17) is 16.9 Å². The van der Waals surface area contributed by atoms with Crippen LogP contribution in [0.5, 0.6) is 0 Å². The second-order valence-corrected chi connectivity index (χ2v) is 5.34. The van der Waals surface area contributed by atoms with Crippen LogP contribution < -0.4 is 5.32 Å². The third kappa shape index (κ3) is 5.44. The first kappa shape index (κ1) is 14.9. The molecule has 5 heteroatoms. The van der Waals surface area contributed by atoms with E-state index in [0.29, 0.717) is 22.9 Å². The molecule has 0 aliphatic rings. The number of hydrogen-bond acceptors (Lipinski definition) is 3. The number of thioether (sulfide) groups is 1. The summed E-state index contributed by atoms with van der Waals surface area (Å²) in [7, 11) is 0. The molecule has 0 unspecified atom stereocenters. The van der Waals surface area contributed by atoms with Gasteiger partial charge in [0.15, 0.2) is 0 Å². The Morgan fingerprint density at radius 1 is 1.56 bits per heavy atom. The number of halogens is 1. The third-order valence-corrected chi connectivity index (χ3v) is 3.72. The van der Waals surface area contributed by atoms with Crippen LogP contribution >= 0.6 is 23.4 Å². The summed E-state index contributed by atoms with van der Waals surface area (Å²) in [6, 6.07) is 7.53. The minimum Gasteiger partial charge on any atom is -0.325 e. The van der Waals surface area contributed by atoms with Crippen LogP contribution in [0.1, 0.15) is 18.4 Å². The molecular weight excluding hydrogens is 268 g/mol. The number of carbonyl (C=O) groups excluding carboxylic acids is 1. The Morgan fingerprint density at radius 2 is 2.33 bits per heavy atom. The quantitative estimate of drug-likeness (QED) is 0.811. The Labute approximate surface area is 117 Å². The van der Waals surface area contributed by atoms with Crippen LogP contribution in [-0.4, -0.2) is 17.4 Å². The molecule has 0 aromatic heterocycles. The van der Waals surface area contributed by atoms with E-state index in [2.05, 4.69) is 11.4 Å². The van der Waals surface area contributed by atoms with Gasteiger partial charge < -0.3 is 5.32 Å². The van der Waals surface area contributed by atoms with Crippen molar-refractivity contribution in [2.45, 2.75) is 19.8 Å². The smallest absolute Gasteiger partial charge is 0.234 e. The number of carbonyl (C=O) groups is 1. The number of anilines is 1. The standard InChI is InChI=1S/C13H15ClN2OS/c1-10-4-5-11(8-12(10)14)16-13(17)9-18-7-3-2-6-15/h4-5,8H,2-3,7,9H2,1H3,(H,16,17). The zero-order valence-electron chi connectivity index (χ0n) is 10.2. The molecule has 0 spiro atoms. The Morgan fingerprint density at radius 3 is 3.00 bits per heavy atom. The summed E-state index contributed by atoms with van der Waals surface area (Å²) in [6.07, 6.45) is 1.37. The first-order valence-electron chi connectivity index (χ1n) is 5.64. The van der Waals surface area contributed by atoms with Crippen LogP contribution in [-0.2, 0) is 4.79 Å². The highest BCUT2D eigenvalue weighted by Crippen LogP contribution is 2.20. The molecule has 0 bridgehead atoms. The van der Waals surface area contributed by atoms with Crippen molar-refractivity contribution in [3.05, 3.63) is 28.8 Å². The van der Waals surface area contributed by atoms with Gasteiger partial charge in [0.2, 0.25) is 5.91 Å². The van der Waals surface area contributed by atoms with E-state index in [1.165, 1.54) is 11.8 Å². The minimum absolute atomic E-state index is 0.0446. The molecule has 1 N–H and O–H groups in total. The fourth-order valence-electron chi connectivity index (χ4n) is 1.29. The summed E-state index contributed by atoms with van der Waals surface area (Å²) in [5.74, 6) is 1.18. The molecule has 0 radical (unpaired) electrons. The fraction of sp³-hybridized carbons (Fsp3) is 0.385. The lowest BCUT2D eigenvalue weighted by molar-refractivity contribution is -0.113. The van der Waals surface area contributed by atoms with Gasteiger partial charge in [0.1, 0.15) is 0 Å². The van der Waals surface area contributed by atoms with Crippen molar-refractivity contribution in [2.75, 3.05) is 16.8 Å². The molecule has 96 valence electrons. The topological polar surface area (TPSA) is 52.9 Å². The van der Waals surface area contributed by atoms with Crippen LogP contribution in [0, 0.1) is 18.3 Å². The first-order valence-corrected chi connectivity index (χ1v) is 7.17. The molecule has 1 aromatic rings. The van der Waals surface area contributed by atoms with Gasteiger partial charge in [-0.1, -0.05) is 17.7 Å². The predicted octanol–water partition coefficient (Wildman–Crippen LogP) is 3.62. The maximum absolute atomic E-state index is 11.6. The number of rotatable bonds is 6. The Kier molecular flexibility index (Phi) is 6.63. The molecule has 0 fully saturated rings. The van der Waals surface area contributed by atoms with E-state index in [9.17, 15) is 4.79 Å². The largest absolute Gasteiger partial charge is 0.325 e. The van der Waals surface area contributed by atoms with Gasteiger partial charge in [-0.25, -0.2) is 0 Å². The predicted molar refractivity (Wildman–Crippen MR) is 77.0 cm³/mol. The average Bonchev–Trinajstić information content (AvgIpc) is 2.34. The maximum atomic E-state index is 11.6. The Balaban J connectivity index is 2.31. The molecule has 18 heavy (non-hydrogen) atoms.